The minimum absolute atomic E-state index is 0.190. The van der Waals surface area contributed by atoms with Gasteiger partial charge in [-0.15, -0.1) is 0 Å². The van der Waals surface area contributed by atoms with Crippen molar-refractivity contribution in [2.24, 2.45) is 0 Å². The van der Waals surface area contributed by atoms with E-state index in [9.17, 15) is 4.79 Å². The summed E-state index contributed by atoms with van der Waals surface area (Å²) in [5.41, 5.74) is 1.91. The fraction of sp³-hybridized carbons (Fsp3) is 0.471. The van der Waals surface area contributed by atoms with Crippen LogP contribution in [0.4, 0.5) is 0 Å². The van der Waals surface area contributed by atoms with Crippen LogP contribution in [0.1, 0.15) is 31.7 Å². The van der Waals surface area contributed by atoms with Crippen LogP contribution in [0.3, 0.4) is 0 Å². The zero-order valence-corrected chi connectivity index (χ0v) is 14.2. The SMILES string of the molecule is CCCCC(=O)Oc1cccc2[nH]c(Cl)c(CCN(C)C)c12. The van der Waals surface area contributed by atoms with Crippen molar-refractivity contribution in [3.8, 4) is 5.75 Å². The fourth-order valence-electron chi connectivity index (χ4n) is 2.40. The van der Waals surface area contributed by atoms with Crippen molar-refractivity contribution in [3.05, 3.63) is 28.9 Å². The molecule has 120 valence electrons. The molecule has 1 aromatic heterocycles. The fourth-order valence-corrected chi connectivity index (χ4v) is 2.69. The summed E-state index contributed by atoms with van der Waals surface area (Å²) < 4.78 is 5.56. The number of nitrogens with one attached hydrogen (secondary N) is 1. The first-order valence-corrected chi connectivity index (χ1v) is 8.05. The van der Waals surface area contributed by atoms with Crippen LogP contribution in [-0.2, 0) is 11.2 Å². The predicted octanol–water partition coefficient (Wildman–Crippen LogP) is 4.02. The van der Waals surface area contributed by atoms with Gasteiger partial charge in [0, 0.05) is 23.9 Å². The zero-order chi connectivity index (χ0) is 16.1. The Morgan fingerprint density at radius 1 is 1.36 bits per heavy atom. The number of unbranched alkanes of at least 4 members (excludes halogenated alkanes) is 1. The number of aromatic nitrogens is 1. The number of ether oxygens (including phenoxy) is 1. The van der Waals surface area contributed by atoms with E-state index in [0.29, 0.717) is 17.3 Å². The zero-order valence-electron chi connectivity index (χ0n) is 13.4. The first-order valence-electron chi connectivity index (χ1n) is 7.67. The van der Waals surface area contributed by atoms with E-state index in [-0.39, 0.29) is 5.97 Å². The number of benzene rings is 1. The van der Waals surface area contributed by atoms with Gasteiger partial charge in [-0.1, -0.05) is 31.0 Å². The van der Waals surface area contributed by atoms with Gasteiger partial charge in [-0.2, -0.15) is 0 Å². The van der Waals surface area contributed by atoms with Crippen LogP contribution in [0.5, 0.6) is 5.75 Å². The van der Waals surface area contributed by atoms with E-state index in [1.165, 1.54) is 0 Å². The molecule has 0 aliphatic carbocycles. The molecule has 0 unspecified atom stereocenters. The minimum Gasteiger partial charge on any atom is -0.426 e. The average molecular weight is 323 g/mol. The van der Waals surface area contributed by atoms with Crippen LogP contribution in [-0.4, -0.2) is 36.5 Å². The maximum atomic E-state index is 11.9. The number of halogens is 1. The predicted molar refractivity (Wildman–Crippen MR) is 90.7 cm³/mol. The summed E-state index contributed by atoms with van der Waals surface area (Å²) in [6.45, 7) is 2.93. The molecule has 0 amide bonds. The highest BCUT2D eigenvalue weighted by Gasteiger charge is 2.16. The van der Waals surface area contributed by atoms with Crippen LogP contribution in [0.25, 0.3) is 10.9 Å². The van der Waals surface area contributed by atoms with Crippen LogP contribution in [0, 0.1) is 0 Å². The summed E-state index contributed by atoms with van der Waals surface area (Å²) in [4.78, 5) is 17.2. The lowest BCUT2D eigenvalue weighted by Crippen LogP contribution is -2.15. The Kier molecular flexibility index (Phi) is 5.86. The molecule has 0 saturated heterocycles. The van der Waals surface area contributed by atoms with Crippen molar-refractivity contribution in [1.29, 1.82) is 0 Å². The van der Waals surface area contributed by atoms with Gasteiger partial charge < -0.3 is 14.6 Å². The summed E-state index contributed by atoms with van der Waals surface area (Å²) in [6.07, 6.45) is 3.06. The Balaban J connectivity index is 2.31. The first kappa shape index (κ1) is 16.8. The topological polar surface area (TPSA) is 45.3 Å². The second-order valence-electron chi connectivity index (χ2n) is 5.73. The van der Waals surface area contributed by atoms with Crippen molar-refractivity contribution in [2.75, 3.05) is 20.6 Å². The quantitative estimate of drug-likeness (QED) is 0.618. The monoisotopic (exact) mass is 322 g/mol. The lowest BCUT2D eigenvalue weighted by Gasteiger charge is -2.10. The molecule has 22 heavy (non-hydrogen) atoms. The van der Waals surface area contributed by atoms with Crippen LogP contribution in [0.2, 0.25) is 5.15 Å². The number of hydrogen-bond acceptors (Lipinski definition) is 3. The molecule has 0 aliphatic heterocycles. The number of fused-ring (bicyclic) bond motifs is 1. The van der Waals surface area contributed by atoms with E-state index >= 15 is 0 Å². The Hall–Kier alpha value is -1.52. The van der Waals surface area contributed by atoms with Gasteiger partial charge in [0.05, 0.1) is 5.52 Å². The lowest BCUT2D eigenvalue weighted by molar-refractivity contribution is -0.134. The Labute approximate surface area is 136 Å². The third-order valence-electron chi connectivity index (χ3n) is 3.60. The highest BCUT2D eigenvalue weighted by molar-refractivity contribution is 6.32. The number of rotatable bonds is 7. The number of H-pyrrole nitrogens is 1. The molecule has 1 aromatic carbocycles. The Morgan fingerprint density at radius 2 is 2.14 bits per heavy atom. The molecule has 1 heterocycles. The molecule has 1 N–H and O–H groups in total. The van der Waals surface area contributed by atoms with Crippen LogP contribution < -0.4 is 4.74 Å². The highest BCUT2D eigenvalue weighted by Crippen LogP contribution is 2.34. The summed E-state index contributed by atoms with van der Waals surface area (Å²) >= 11 is 6.33. The Bertz CT molecular complexity index is 649. The van der Waals surface area contributed by atoms with Gasteiger partial charge in [0.2, 0.25) is 0 Å². The van der Waals surface area contributed by atoms with E-state index in [2.05, 4.69) is 16.8 Å². The number of carbonyl (C=O) groups is 1. The summed E-state index contributed by atoms with van der Waals surface area (Å²) in [5.74, 6) is 0.403. The third kappa shape index (κ3) is 4.02. The summed E-state index contributed by atoms with van der Waals surface area (Å²) in [5, 5.41) is 1.54. The molecule has 0 saturated carbocycles. The molecular weight excluding hydrogens is 300 g/mol. The van der Waals surface area contributed by atoms with Gasteiger partial charge in [0.1, 0.15) is 10.9 Å². The molecule has 0 fully saturated rings. The number of esters is 1. The normalized spacial score (nSPS) is 11.3. The largest absolute Gasteiger partial charge is 0.426 e. The van der Waals surface area contributed by atoms with Crippen molar-refractivity contribution in [3.63, 3.8) is 0 Å². The second kappa shape index (κ2) is 7.65. The molecule has 2 rings (SSSR count). The number of likely N-dealkylation sites (N-methyl/N-ethyl adjacent to an activating group) is 1. The smallest absolute Gasteiger partial charge is 0.311 e. The third-order valence-corrected chi connectivity index (χ3v) is 3.93. The number of aromatic amines is 1. The van der Waals surface area contributed by atoms with E-state index in [1.807, 2.05) is 32.3 Å². The van der Waals surface area contributed by atoms with Gasteiger partial charge >= 0.3 is 5.97 Å². The summed E-state index contributed by atoms with van der Waals surface area (Å²) in [6, 6.07) is 5.65. The van der Waals surface area contributed by atoms with Gasteiger partial charge in [-0.3, -0.25) is 4.79 Å². The number of nitrogens with zero attached hydrogens (tertiary/aromatic N) is 1. The van der Waals surface area contributed by atoms with E-state index in [1.54, 1.807) is 0 Å². The minimum atomic E-state index is -0.190. The van der Waals surface area contributed by atoms with Gasteiger partial charge in [0.15, 0.2) is 0 Å². The summed E-state index contributed by atoms with van der Waals surface area (Å²) in [7, 11) is 4.04. The molecule has 0 bridgehead atoms. The number of hydrogen-bond donors (Lipinski definition) is 1. The van der Waals surface area contributed by atoms with Crippen molar-refractivity contribution in [1.82, 2.24) is 9.88 Å². The molecule has 2 aromatic rings. The molecule has 0 atom stereocenters. The Morgan fingerprint density at radius 3 is 2.82 bits per heavy atom. The maximum absolute atomic E-state index is 11.9. The second-order valence-corrected chi connectivity index (χ2v) is 6.11. The standard InChI is InChI=1S/C17H23ClN2O2/c1-4-5-9-15(21)22-14-8-6-7-13-16(14)12(17(18)19-13)10-11-20(2)3/h6-8,19H,4-5,9-11H2,1-3H3. The molecule has 4 nitrogen and oxygen atoms in total. The van der Waals surface area contributed by atoms with E-state index in [0.717, 1.165) is 42.3 Å². The number of carbonyl (C=O) groups excluding carboxylic acids is 1. The molecule has 0 spiro atoms. The van der Waals surface area contributed by atoms with Crippen molar-refractivity contribution < 1.29 is 9.53 Å². The molecular formula is C17H23ClN2O2. The van der Waals surface area contributed by atoms with Crippen molar-refractivity contribution in [2.45, 2.75) is 32.6 Å². The van der Waals surface area contributed by atoms with Crippen molar-refractivity contribution >= 4 is 28.5 Å². The van der Waals surface area contributed by atoms with E-state index in [4.69, 9.17) is 16.3 Å². The van der Waals surface area contributed by atoms with E-state index < -0.39 is 0 Å². The first-order chi connectivity index (χ1) is 10.5. The highest BCUT2D eigenvalue weighted by atomic mass is 35.5. The average Bonchev–Trinajstić information content (AvgIpc) is 2.79. The maximum Gasteiger partial charge on any atom is 0.311 e. The van der Waals surface area contributed by atoms with Crippen LogP contribution in [0.15, 0.2) is 18.2 Å². The molecule has 0 radical (unpaired) electrons. The lowest BCUT2D eigenvalue weighted by atomic mass is 10.1. The molecule has 5 heteroatoms. The van der Waals surface area contributed by atoms with Gasteiger partial charge in [0.25, 0.3) is 0 Å². The molecule has 0 aliphatic rings. The van der Waals surface area contributed by atoms with Crippen LogP contribution >= 0.6 is 11.6 Å². The van der Waals surface area contributed by atoms with Gasteiger partial charge in [-0.25, -0.2) is 0 Å². The van der Waals surface area contributed by atoms with Gasteiger partial charge in [-0.05, 0) is 39.1 Å².